The molecule has 120 valence electrons. The molecule has 0 heterocycles. The van der Waals surface area contributed by atoms with E-state index in [0.717, 1.165) is 6.42 Å². The minimum atomic E-state index is -1.06. The van der Waals surface area contributed by atoms with Crippen molar-refractivity contribution in [3.05, 3.63) is 51.2 Å². The average Bonchev–Trinajstić information content (AvgIpc) is 3.04. The van der Waals surface area contributed by atoms with Gasteiger partial charge in [0.05, 0.1) is 0 Å². The Kier molecular flexibility index (Phi) is 5.85. The standard InChI is InChI=1S/C21H32Si/c1-7-8-11-14-22(20-12-9-10-13-20)21-18(5)16(3)15(2)17(4)19(21)6/h9,12-13,22H,7-8,10-11,14H2,1-6H3. The maximum absolute atomic E-state index is 2.49. The third-order valence-corrected chi connectivity index (χ3v) is 9.49. The first kappa shape index (κ1) is 17.3. The molecule has 1 aliphatic carbocycles. The van der Waals surface area contributed by atoms with Gasteiger partial charge in [-0.25, -0.2) is 0 Å². The van der Waals surface area contributed by atoms with E-state index in [9.17, 15) is 0 Å². The third-order valence-electron chi connectivity index (χ3n) is 5.71. The van der Waals surface area contributed by atoms with Gasteiger partial charge in [0.2, 0.25) is 0 Å². The SMILES string of the molecule is CCCCC[SiH](C1=CCC=C1)c1c(C)c(C)c(C)c(C)c1C. The highest BCUT2D eigenvalue weighted by molar-refractivity contribution is 6.81. The van der Waals surface area contributed by atoms with Gasteiger partial charge in [-0.3, -0.25) is 0 Å². The van der Waals surface area contributed by atoms with Crippen molar-refractivity contribution in [3.8, 4) is 0 Å². The molecule has 22 heavy (non-hydrogen) atoms. The van der Waals surface area contributed by atoms with Gasteiger partial charge in [-0.05, 0) is 68.9 Å². The number of hydrogen-bond acceptors (Lipinski definition) is 0. The summed E-state index contributed by atoms with van der Waals surface area (Å²) in [5, 5.41) is 3.43. The lowest BCUT2D eigenvalue weighted by atomic mass is 9.95. The molecule has 0 bridgehead atoms. The normalized spacial score (nSPS) is 15.3. The molecule has 1 atom stereocenters. The van der Waals surface area contributed by atoms with E-state index in [1.807, 2.05) is 0 Å². The Hall–Kier alpha value is -1.08. The highest BCUT2D eigenvalue weighted by Gasteiger charge is 2.24. The van der Waals surface area contributed by atoms with Gasteiger partial charge in [-0.15, -0.1) is 0 Å². The van der Waals surface area contributed by atoms with Crippen molar-refractivity contribution < 1.29 is 0 Å². The highest BCUT2D eigenvalue weighted by atomic mass is 28.3. The van der Waals surface area contributed by atoms with Crippen LogP contribution in [-0.2, 0) is 0 Å². The smallest absolute Gasteiger partial charge is 0.0814 e. The fourth-order valence-electron chi connectivity index (χ4n) is 3.86. The van der Waals surface area contributed by atoms with E-state index in [1.165, 1.54) is 42.0 Å². The van der Waals surface area contributed by atoms with E-state index in [4.69, 9.17) is 0 Å². The van der Waals surface area contributed by atoms with E-state index in [0.29, 0.717) is 0 Å². The lowest BCUT2D eigenvalue weighted by Gasteiger charge is -2.25. The third kappa shape index (κ3) is 3.30. The molecule has 0 aromatic heterocycles. The Morgan fingerprint density at radius 2 is 1.45 bits per heavy atom. The lowest BCUT2D eigenvalue weighted by molar-refractivity contribution is 0.767. The topological polar surface area (TPSA) is 0 Å². The monoisotopic (exact) mass is 312 g/mol. The highest BCUT2D eigenvalue weighted by Crippen LogP contribution is 2.25. The van der Waals surface area contributed by atoms with Crippen LogP contribution in [0.4, 0.5) is 0 Å². The van der Waals surface area contributed by atoms with Crippen molar-refractivity contribution in [2.24, 2.45) is 0 Å². The summed E-state index contributed by atoms with van der Waals surface area (Å²) >= 11 is 0. The maximum atomic E-state index is 2.49. The van der Waals surface area contributed by atoms with Crippen molar-refractivity contribution in [3.63, 3.8) is 0 Å². The van der Waals surface area contributed by atoms with Crippen LogP contribution < -0.4 is 5.19 Å². The van der Waals surface area contributed by atoms with Gasteiger partial charge in [-0.2, -0.15) is 0 Å². The Bertz CT molecular complexity index is 576. The van der Waals surface area contributed by atoms with Crippen molar-refractivity contribution in [1.29, 1.82) is 0 Å². The molecule has 1 aliphatic rings. The second-order valence-corrected chi connectivity index (χ2v) is 9.86. The molecule has 0 saturated heterocycles. The number of hydrogen-bond donors (Lipinski definition) is 0. The van der Waals surface area contributed by atoms with E-state index in [-0.39, 0.29) is 0 Å². The molecular formula is C21H32Si. The van der Waals surface area contributed by atoms with Gasteiger partial charge in [0.1, 0.15) is 8.80 Å². The van der Waals surface area contributed by atoms with Gasteiger partial charge in [0, 0.05) is 0 Å². The van der Waals surface area contributed by atoms with Crippen molar-refractivity contribution in [2.75, 3.05) is 0 Å². The second kappa shape index (κ2) is 7.46. The van der Waals surface area contributed by atoms with Gasteiger partial charge < -0.3 is 0 Å². The van der Waals surface area contributed by atoms with E-state index >= 15 is 0 Å². The van der Waals surface area contributed by atoms with Crippen LogP contribution >= 0.6 is 0 Å². The van der Waals surface area contributed by atoms with Gasteiger partial charge in [-0.1, -0.05) is 60.8 Å². The molecule has 0 saturated carbocycles. The van der Waals surface area contributed by atoms with E-state index in [2.05, 4.69) is 59.8 Å². The largest absolute Gasteiger partial charge is 0.103 e. The molecule has 0 radical (unpaired) electrons. The molecule has 0 amide bonds. The number of allylic oxidation sites excluding steroid dienone is 4. The Labute approximate surface area is 138 Å². The van der Waals surface area contributed by atoms with Crippen LogP contribution in [0.5, 0.6) is 0 Å². The van der Waals surface area contributed by atoms with Gasteiger partial charge >= 0.3 is 0 Å². The predicted molar refractivity (Wildman–Crippen MR) is 103 cm³/mol. The molecule has 0 N–H and O–H groups in total. The maximum Gasteiger partial charge on any atom is 0.103 e. The zero-order chi connectivity index (χ0) is 16.3. The molecule has 1 aromatic rings. The van der Waals surface area contributed by atoms with Crippen LogP contribution in [0.25, 0.3) is 0 Å². The molecule has 2 rings (SSSR count). The van der Waals surface area contributed by atoms with Crippen LogP contribution in [0.1, 0.15) is 60.4 Å². The number of benzene rings is 1. The minimum Gasteiger partial charge on any atom is -0.0814 e. The quantitative estimate of drug-likeness (QED) is 0.495. The summed E-state index contributed by atoms with van der Waals surface area (Å²) in [5.74, 6) is 0. The summed E-state index contributed by atoms with van der Waals surface area (Å²) in [6.45, 7) is 14.0. The molecule has 1 heteroatoms. The van der Waals surface area contributed by atoms with Crippen molar-refractivity contribution in [2.45, 2.75) is 73.3 Å². The lowest BCUT2D eigenvalue weighted by Crippen LogP contribution is -2.37. The van der Waals surface area contributed by atoms with Gasteiger partial charge in [0.15, 0.2) is 0 Å². The molecule has 0 spiro atoms. The Morgan fingerprint density at radius 3 is 1.95 bits per heavy atom. The summed E-state index contributed by atoms with van der Waals surface area (Å²) in [6.07, 6.45) is 12.5. The summed E-state index contributed by atoms with van der Waals surface area (Å²) in [6, 6.07) is 1.42. The Morgan fingerprint density at radius 1 is 0.864 bits per heavy atom. The first-order chi connectivity index (χ1) is 10.5. The van der Waals surface area contributed by atoms with Crippen molar-refractivity contribution >= 4 is 14.0 Å². The van der Waals surface area contributed by atoms with Crippen LogP contribution in [0.2, 0.25) is 6.04 Å². The summed E-state index contributed by atoms with van der Waals surface area (Å²) in [7, 11) is -1.06. The number of unbranched alkanes of at least 4 members (excludes halogenated alkanes) is 2. The first-order valence-corrected chi connectivity index (χ1v) is 10.9. The molecule has 0 nitrogen and oxygen atoms in total. The van der Waals surface area contributed by atoms with Crippen LogP contribution in [-0.4, -0.2) is 8.80 Å². The van der Waals surface area contributed by atoms with Crippen LogP contribution in [0, 0.1) is 34.6 Å². The zero-order valence-electron chi connectivity index (χ0n) is 15.3. The van der Waals surface area contributed by atoms with Crippen molar-refractivity contribution in [1.82, 2.24) is 0 Å². The van der Waals surface area contributed by atoms with E-state index in [1.54, 1.807) is 21.5 Å². The molecule has 0 fully saturated rings. The molecule has 1 unspecified atom stereocenters. The number of rotatable bonds is 6. The van der Waals surface area contributed by atoms with Crippen LogP contribution in [0.3, 0.4) is 0 Å². The molecule has 1 aromatic carbocycles. The minimum absolute atomic E-state index is 1.06. The average molecular weight is 313 g/mol. The fraction of sp³-hybridized carbons (Fsp3) is 0.524. The molecule has 0 aliphatic heterocycles. The summed E-state index contributed by atoms with van der Waals surface area (Å²) in [4.78, 5) is 0. The second-order valence-electron chi connectivity index (χ2n) is 6.93. The summed E-state index contributed by atoms with van der Waals surface area (Å²) in [5.41, 5.74) is 7.70. The zero-order valence-corrected chi connectivity index (χ0v) is 16.5. The van der Waals surface area contributed by atoms with Crippen LogP contribution in [0.15, 0.2) is 23.4 Å². The first-order valence-electron chi connectivity index (χ1n) is 8.92. The predicted octanol–water partition coefficient (Wildman–Crippen LogP) is 5.28. The van der Waals surface area contributed by atoms with Gasteiger partial charge in [0.25, 0.3) is 0 Å². The Balaban J connectivity index is 2.49. The summed E-state index contributed by atoms with van der Waals surface area (Å²) < 4.78 is 0. The molecular weight excluding hydrogens is 280 g/mol. The van der Waals surface area contributed by atoms with E-state index < -0.39 is 8.80 Å². The fourth-order valence-corrected chi connectivity index (χ4v) is 7.78.